The predicted molar refractivity (Wildman–Crippen MR) is 155 cm³/mol. The molecule has 0 saturated heterocycles. The van der Waals surface area contributed by atoms with Crippen LogP contribution in [0.3, 0.4) is 0 Å². The van der Waals surface area contributed by atoms with Gasteiger partial charge in [-0.3, -0.25) is 5.32 Å². The van der Waals surface area contributed by atoms with Gasteiger partial charge in [-0.1, -0.05) is 96.5 Å². The van der Waals surface area contributed by atoms with E-state index in [0.29, 0.717) is 0 Å². The number of rotatable bonds is 0. The van der Waals surface area contributed by atoms with Crippen LogP contribution in [0.25, 0.3) is 21.5 Å². The standard InChI is InChI=1S/C36H29N/c1-35(2)33-23-20-26(24-34(33)36(3,4)37-35)19-22-32-29-16-10-8-14-27(29)31(28-15-9-11-17-30(28)32)21-18-25-12-6-5-7-13-25/h5-17,20,23-24,37H,1-4H3. The molecule has 1 heteroatoms. The van der Waals surface area contributed by atoms with E-state index in [1.165, 1.54) is 11.1 Å². The van der Waals surface area contributed by atoms with Crippen LogP contribution in [0.2, 0.25) is 0 Å². The van der Waals surface area contributed by atoms with E-state index in [0.717, 1.165) is 43.8 Å². The molecule has 1 N–H and O–H groups in total. The molecule has 1 aliphatic rings. The van der Waals surface area contributed by atoms with Gasteiger partial charge in [-0.2, -0.15) is 0 Å². The zero-order valence-electron chi connectivity index (χ0n) is 21.7. The molecule has 0 atom stereocenters. The van der Waals surface area contributed by atoms with Gasteiger partial charge >= 0.3 is 0 Å². The van der Waals surface area contributed by atoms with E-state index in [1.807, 2.05) is 30.3 Å². The lowest BCUT2D eigenvalue weighted by Crippen LogP contribution is -2.39. The Balaban J connectivity index is 1.54. The van der Waals surface area contributed by atoms with Crippen molar-refractivity contribution in [2.45, 2.75) is 38.8 Å². The minimum absolute atomic E-state index is 0.0478. The van der Waals surface area contributed by atoms with Crippen molar-refractivity contribution in [2.75, 3.05) is 0 Å². The number of hydrogen-bond donors (Lipinski definition) is 1. The molecule has 0 fully saturated rings. The van der Waals surface area contributed by atoms with Crippen LogP contribution in [0.4, 0.5) is 0 Å². The van der Waals surface area contributed by atoms with E-state index in [4.69, 9.17) is 0 Å². The average molecular weight is 476 g/mol. The third kappa shape index (κ3) is 4.09. The average Bonchev–Trinajstić information content (AvgIpc) is 3.09. The van der Waals surface area contributed by atoms with Gasteiger partial charge in [0.05, 0.1) is 0 Å². The van der Waals surface area contributed by atoms with Gasteiger partial charge in [-0.05, 0) is 84.6 Å². The third-order valence-corrected chi connectivity index (χ3v) is 7.36. The van der Waals surface area contributed by atoms with Crippen LogP contribution < -0.4 is 5.32 Å². The first-order chi connectivity index (χ1) is 17.8. The van der Waals surface area contributed by atoms with Crippen molar-refractivity contribution in [2.24, 2.45) is 0 Å². The summed E-state index contributed by atoms with van der Waals surface area (Å²) in [7, 11) is 0. The van der Waals surface area contributed by atoms with E-state index >= 15 is 0 Å². The minimum Gasteiger partial charge on any atom is -0.299 e. The van der Waals surface area contributed by atoms with Gasteiger partial charge in [0.1, 0.15) is 0 Å². The molecule has 0 radical (unpaired) electrons. The molecule has 5 aromatic carbocycles. The van der Waals surface area contributed by atoms with E-state index in [9.17, 15) is 0 Å². The molecule has 1 nitrogen and oxygen atoms in total. The van der Waals surface area contributed by atoms with Gasteiger partial charge in [0.15, 0.2) is 0 Å². The summed E-state index contributed by atoms with van der Waals surface area (Å²) in [5.41, 5.74) is 6.68. The van der Waals surface area contributed by atoms with Crippen molar-refractivity contribution in [3.8, 4) is 23.7 Å². The fourth-order valence-corrected chi connectivity index (χ4v) is 5.79. The Morgan fingerprint density at radius 2 is 0.919 bits per heavy atom. The van der Waals surface area contributed by atoms with Crippen LogP contribution in [0.15, 0.2) is 97.1 Å². The second-order valence-electron chi connectivity index (χ2n) is 10.8. The maximum atomic E-state index is 3.75. The summed E-state index contributed by atoms with van der Waals surface area (Å²) in [6, 6.07) is 33.8. The van der Waals surface area contributed by atoms with Crippen LogP contribution in [0.5, 0.6) is 0 Å². The molecule has 0 aromatic heterocycles. The molecule has 0 saturated carbocycles. The first-order valence-corrected chi connectivity index (χ1v) is 12.8. The second kappa shape index (κ2) is 8.67. The molecule has 0 spiro atoms. The van der Waals surface area contributed by atoms with Crippen molar-refractivity contribution in [1.82, 2.24) is 5.32 Å². The highest BCUT2D eigenvalue weighted by Crippen LogP contribution is 2.41. The van der Waals surface area contributed by atoms with E-state index in [1.54, 1.807) is 0 Å². The molecule has 0 bridgehead atoms. The Morgan fingerprint density at radius 3 is 1.46 bits per heavy atom. The van der Waals surface area contributed by atoms with Crippen LogP contribution >= 0.6 is 0 Å². The van der Waals surface area contributed by atoms with Gasteiger partial charge in [0, 0.05) is 33.3 Å². The summed E-state index contributed by atoms with van der Waals surface area (Å²) < 4.78 is 0. The lowest BCUT2D eigenvalue weighted by Gasteiger charge is -2.25. The van der Waals surface area contributed by atoms with Crippen molar-refractivity contribution in [3.63, 3.8) is 0 Å². The molecule has 178 valence electrons. The van der Waals surface area contributed by atoms with Gasteiger partial charge < -0.3 is 0 Å². The normalized spacial score (nSPS) is 14.9. The zero-order chi connectivity index (χ0) is 25.6. The van der Waals surface area contributed by atoms with Gasteiger partial charge in [0.2, 0.25) is 0 Å². The van der Waals surface area contributed by atoms with Crippen molar-refractivity contribution < 1.29 is 0 Å². The summed E-state index contributed by atoms with van der Waals surface area (Å²) in [4.78, 5) is 0. The number of hydrogen-bond acceptors (Lipinski definition) is 1. The lowest BCUT2D eigenvalue weighted by molar-refractivity contribution is 0.319. The molecule has 37 heavy (non-hydrogen) atoms. The largest absolute Gasteiger partial charge is 0.299 e. The topological polar surface area (TPSA) is 12.0 Å². The molecule has 5 aromatic rings. The summed E-state index contributed by atoms with van der Waals surface area (Å²) in [5, 5.41) is 8.29. The molecular formula is C36H29N. The Hall–Kier alpha value is -4.30. The van der Waals surface area contributed by atoms with Crippen LogP contribution in [0, 0.1) is 23.7 Å². The Bertz CT molecular complexity index is 1740. The van der Waals surface area contributed by atoms with Crippen molar-refractivity contribution >= 4 is 21.5 Å². The van der Waals surface area contributed by atoms with Gasteiger partial charge in [-0.15, -0.1) is 0 Å². The van der Waals surface area contributed by atoms with Gasteiger partial charge in [0.25, 0.3) is 0 Å². The highest BCUT2D eigenvalue weighted by Gasteiger charge is 2.40. The van der Waals surface area contributed by atoms with E-state index < -0.39 is 0 Å². The summed E-state index contributed by atoms with van der Waals surface area (Å²) >= 11 is 0. The molecule has 6 rings (SSSR count). The fraction of sp³-hybridized carbons (Fsp3) is 0.167. The highest BCUT2D eigenvalue weighted by atomic mass is 15.1. The maximum absolute atomic E-state index is 3.75. The highest BCUT2D eigenvalue weighted by molar-refractivity contribution is 6.09. The Morgan fingerprint density at radius 1 is 0.459 bits per heavy atom. The number of fused-ring (bicyclic) bond motifs is 3. The zero-order valence-corrected chi connectivity index (χ0v) is 21.7. The van der Waals surface area contributed by atoms with Crippen LogP contribution in [-0.2, 0) is 11.1 Å². The molecular weight excluding hydrogens is 446 g/mol. The van der Waals surface area contributed by atoms with E-state index in [2.05, 4.69) is 123 Å². The molecule has 1 aliphatic heterocycles. The summed E-state index contributed by atoms with van der Waals surface area (Å²) in [5.74, 6) is 13.9. The van der Waals surface area contributed by atoms with Crippen LogP contribution in [0.1, 0.15) is 61.1 Å². The number of benzene rings is 5. The Labute approximate surface area is 219 Å². The van der Waals surface area contributed by atoms with E-state index in [-0.39, 0.29) is 11.1 Å². The quantitative estimate of drug-likeness (QED) is 0.177. The van der Waals surface area contributed by atoms with Crippen LogP contribution in [-0.4, -0.2) is 0 Å². The first-order valence-electron chi connectivity index (χ1n) is 12.8. The summed E-state index contributed by atoms with van der Waals surface area (Å²) in [6.45, 7) is 8.97. The maximum Gasteiger partial charge on any atom is 0.0406 e. The summed E-state index contributed by atoms with van der Waals surface area (Å²) in [6.07, 6.45) is 0. The Kier molecular flexibility index (Phi) is 5.42. The van der Waals surface area contributed by atoms with Crippen molar-refractivity contribution in [1.29, 1.82) is 0 Å². The van der Waals surface area contributed by atoms with Crippen molar-refractivity contribution in [3.05, 3.63) is 130 Å². The number of nitrogens with one attached hydrogen (secondary N) is 1. The molecule has 0 aliphatic carbocycles. The predicted octanol–water partition coefficient (Wildman–Crippen LogP) is 7.87. The molecule has 1 heterocycles. The third-order valence-electron chi connectivity index (χ3n) is 7.36. The second-order valence-corrected chi connectivity index (χ2v) is 10.8. The monoisotopic (exact) mass is 475 g/mol. The molecule has 0 unspecified atom stereocenters. The fourth-order valence-electron chi connectivity index (χ4n) is 5.79. The smallest absolute Gasteiger partial charge is 0.0406 e. The minimum atomic E-state index is -0.0883. The molecule has 0 amide bonds. The SMILES string of the molecule is CC1(C)NC(C)(C)c2cc(C#Cc3c4ccccc4c(C#Cc4ccccc4)c4ccccc34)ccc21. The lowest BCUT2D eigenvalue weighted by atomic mass is 9.89. The van der Waals surface area contributed by atoms with Gasteiger partial charge in [-0.25, -0.2) is 0 Å². The first kappa shape index (κ1) is 23.1.